The number of ether oxygens (including phenoxy) is 2. The normalized spacial score (nSPS) is 10.2. The lowest BCUT2D eigenvalue weighted by Crippen LogP contribution is -2.07. The maximum absolute atomic E-state index is 12.5. The second-order valence-electron chi connectivity index (χ2n) is 5.21. The van der Waals surface area contributed by atoms with Crippen molar-refractivity contribution in [2.75, 3.05) is 7.11 Å². The van der Waals surface area contributed by atoms with E-state index in [0.717, 1.165) is 10.8 Å². The Hall–Kier alpha value is -3.32. The van der Waals surface area contributed by atoms with Gasteiger partial charge < -0.3 is 9.47 Å². The van der Waals surface area contributed by atoms with E-state index in [0.29, 0.717) is 22.4 Å². The summed E-state index contributed by atoms with van der Waals surface area (Å²) in [5.41, 5.74) is 1.66. The molecule has 3 aromatic rings. The number of hydrogen-bond donors (Lipinski definition) is 0. The molecule has 0 saturated carbocycles. The average molecular weight is 317 g/mol. The van der Waals surface area contributed by atoms with Gasteiger partial charge in [0, 0.05) is 10.9 Å². The summed E-state index contributed by atoms with van der Waals surface area (Å²) >= 11 is 0. The maximum Gasteiger partial charge on any atom is 0.339 e. The quantitative estimate of drug-likeness (QED) is 0.680. The summed E-state index contributed by atoms with van der Waals surface area (Å²) in [7, 11) is 1.60. The highest BCUT2D eigenvalue weighted by molar-refractivity contribution is 6.06. The molecule has 0 aromatic heterocycles. The molecule has 0 spiro atoms. The number of fused-ring (bicyclic) bond motifs is 1. The van der Waals surface area contributed by atoms with E-state index in [-0.39, 0.29) is 6.61 Å². The molecule has 0 fully saturated rings. The number of nitrogens with zero attached hydrogens (tertiary/aromatic N) is 1. The Morgan fingerprint density at radius 1 is 1.00 bits per heavy atom. The second kappa shape index (κ2) is 6.84. The minimum absolute atomic E-state index is 0.0585. The molecule has 0 radical (unpaired) electrons. The third-order valence-electron chi connectivity index (χ3n) is 3.82. The molecular weight excluding hydrogens is 302 g/mol. The molecule has 0 saturated heterocycles. The van der Waals surface area contributed by atoms with E-state index in [1.54, 1.807) is 37.4 Å². The van der Waals surface area contributed by atoms with Crippen LogP contribution in [-0.4, -0.2) is 13.1 Å². The highest BCUT2D eigenvalue weighted by Crippen LogP contribution is 2.28. The Bertz CT molecular complexity index is 941. The Morgan fingerprint density at radius 3 is 2.46 bits per heavy atom. The van der Waals surface area contributed by atoms with Gasteiger partial charge in [0.25, 0.3) is 0 Å². The van der Waals surface area contributed by atoms with E-state index in [2.05, 4.69) is 6.07 Å². The topological polar surface area (TPSA) is 59.3 Å². The first-order chi connectivity index (χ1) is 11.7. The van der Waals surface area contributed by atoms with Crippen molar-refractivity contribution >= 4 is 16.7 Å². The SMILES string of the molecule is COc1ccc(C(=O)OCc2ccccc2C#N)c2ccccc12. The van der Waals surface area contributed by atoms with Gasteiger partial charge in [0.05, 0.1) is 24.3 Å². The standard InChI is InChI=1S/C20H15NO3/c1-23-19-11-10-18(16-8-4-5-9-17(16)19)20(22)24-13-15-7-3-2-6-14(15)12-21/h2-11H,13H2,1H3. The number of hydrogen-bond acceptors (Lipinski definition) is 4. The molecule has 0 amide bonds. The molecule has 0 bridgehead atoms. The maximum atomic E-state index is 12.5. The van der Waals surface area contributed by atoms with Crippen LogP contribution in [0.2, 0.25) is 0 Å². The van der Waals surface area contributed by atoms with E-state index in [1.165, 1.54) is 0 Å². The van der Waals surface area contributed by atoms with Crippen LogP contribution in [0.5, 0.6) is 5.75 Å². The number of carbonyl (C=O) groups is 1. The minimum atomic E-state index is -0.429. The smallest absolute Gasteiger partial charge is 0.339 e. The highest BCUT2D eigenvalue weighted by atomic mass is 16.5. The van der Waals surface area contributed by atoms with E-state index in [1.807, 2.05) is 30.3 Å². The molecule has 0 aliphatic rings. The van der Waals surface area contributed by atoms with Crippen molar-refractivity contribution in [1.29, 1.82) is 5.26 Å². The number of carbonyl (C=O) groups excluding carboxylic acids is 1. The molecule has 0 atom stereocenters. The molecule has 4 nitrogen and oxygen atoms in total. The highest BCUT2D eigenvalue weighted by Gasteiger charge is 2.14. The van der Waals surface area contributed by atoms with Crippen LogP contribution < -0.4 is 4.74 Å². The largest absolute Gasteiger partial charge is 0.496 e. The summed E-state index contributed by atoms with van der Waals surface area (Å²) in [4.78, 5) is 12.5. The van der Waals surface area contributed by atoms with Gasteiger partial charge in [0.1, 0.15) is 12.4 Å². The minimum Gasteiger partial charge on any atom is -0.496 e. The second-order valence-corrected chi connectivity index (χ2v) is 5.21. The van der Waals surface area contributed by atoms with Crippen LogP contribution in [0.15, 0.2) is 60.7 Å². The molecule has 0 aliphatic heterocycles. The predicted molar refractivity (Wildman–Crippen MR) is 90.8 cm³/mol. The third-order valence-corrected chi connectivity index (χ3v) is 3.82. The lowest BCUT2D eigenvalue weighted by Gasteiger charge is -2.11. The summed E-state index contributed by atoms with van der Waals surface area (Å²) in [6, 6.07) is 20.1. The van der Waals surface area contributed by atoms with E-state index in [9.17, 15) is 4.79 Å². The fourth-order valence-electron chi connectivity index (χ4n) is 2.60. The summed E-state index contributed by atoms with van der Waals surface area (Å²) in [5.74, 6) is 0.276. The van der Waals surface area contributed by atoms with Crippen molar-refractivity contribution in [3.05, 3.63) is 77.4 Å². The zero-order chi connectivity index (χ0) is 16.9. The van der Waals surface area contributed by atoms with Gasteiger partial charge in [-0.05, 0) is 23.6 Å². The monoisotopic (exact) mass is 317 g/mol. The van der Waals surface area contributed by atoms with Crippen molar-refractivity contribution in [2.24, 2.45) is 0 Å². The van der Waals surface area contributed by atoms with Crippen molar-refractivity contribution in [2.45, 2.75) is 6.61 Å². The van der Waals surface area contributed by atoms with Crippen molar-refractivity contribution in [1.82, 2.24) is 0 Å². The zero-order valence-electron chi connectivity index (χ0n) is 13.2. The number of methoxy groups -OCH3 is 1. The number of esters is 1. The third kappa shape index (κ3) is 2.92. The van der Waals surface area contributed by atoms with Crippen molar-refractivity contribution in [3.8, 4) is 11.8 Å². The molecule has 0 heterocycles. The number of benzene rings is 3. The molecule has 118 valence electrons. The van der Waals surface area contributed by atoms with Gasteiger partial charge in [-0.2, -0.15) is 5.26 Å². The van der Waals surface area contributed by atoms with E-state index in [4.69, 9.17) is 14.7 Å². The fourth-order valence-corrected chi connectivity index (χ4v) is 2.60. The Labute approximate surface area is 139 Å². The van der Waals surface area contributed by atoms with Crippen LogP contribution in [-0.2, 0) is 11.3 Å². The van der Waals surface area contributed by atoms with Crippen LogP contribution in [0.3, 0.4) is 0 Å². The lowest BCUT2D eigenvalue weighted by molar-refractivity contribution is 0.0475. The van der Waals surface area contributed by atoms with Gasteiger partial charge in [-0.25, -0.2) is 4.79 Å². The van der Waals surface area contributed by atoms with Gasteiger partial charge >= 0.3 is 5.97 Å². The Morgan fingerprint density at radius 2 is 1.71 bits per heavy atom. The fraction of sp³-hybridized carbons (Fsp3) is 0.100. The van der Waals surface area contributed by atoms with Crippen LogP contribution in [0, 0.1) is 11.3 Å². The van der Waals surface area contributed by atoms with Crippen molar-refractivity contribution < 1.29 is 14.3 Å². The molecular formula is C20H15NO3. The first-order valence-corrected chi connectivity index (χ1v) is 7.45. The van der Waals surface area contributed by atoms with E-state index < -0.39 is 5.97 Å². The number of nitriles is 1. The first-order valence-electron chi connectivity index (χ1n) is 7.45. The first kappa shape index (κ1) is 15.6. The molecule has 4 heteroatoms. The Kier molecular flexibility index (Phi) is 4.44. The van der Waals surface area contributed by atoms with Gasteiger partial charge in [0.15, 0.2) is 0 Å². The van der Waals surface area contributed by atoms with Crippen LogP contribution >= 0.6 is 0 Å². The number of rotatable bonds is 4. The average Bonchev–Trinajstić information content (AvgIpc) is 2.65. The molecule has 24 heavy (non-hydrogen) atoms. The predicted octanol–water partition coefficient (Wildman–Crippen LogP) is 4.08. The van der Waals surface area contributed by atoms with Gasteiger partial charge in [-0.3, -0.25) is 0 Å². The molecule has 0 N–H and O–H groups in total. The summed E-state index contributed by atoms with van der Waals surface area (Å²) in [6.45, 7) is 0.0585. The van der Waals surface area contributed by atoms with Crippen molar-refractivity contribution in [3.63, 3.8) is 0 Å². The molecule has 3 aromatic carbocycles. The van der Waals surface area contributed by atoms with Gasteiger partial charge in [0.2, 0.25) is 0 Å². The zero-order valence-corrected chi connectivity index (χ0v) is 13.2. The molecule has 0 unspecified atom stereocenters. The lowest BCUT2D eigenvalue weighted by atomic mass is 10.0. The summed E-state index contributed by atoms with van der Waals surface area (Å²) in [5, 5.41) is 10.7. The molecule has 3 rings (SSSR count). The molecule has 0 aliphatic carbocycles. The van der Waals surface area contributed by atoms with Crippen LogP contribution in [0.4, 0.5) is 0 Å². The Balaban J connectivity index is 1.89. The summed E-state index contributed by atoms with van der Waals surface area (Å²) in [6.07, 6.45) is 0. The summed E-state index contributed by atoms with van der Waals surface area (Å²) < 4.78 is 10.7. The van der Waals surface area contributed by atoms with E-state index >= 15 is 0 Å². The van der Waals surface area contributed by atoms with Gasteiger partial charge in [-0.15, -0.1) is 0 Å². The van der Waals surface area contributed by atoms with Crippen LogP contribution in [0.1, 0.15) is 21.5 Å². The van der Waals surface area contributed by atoms with Crippen LogP contribution in [0.25, 0.3) is 10.8 Å². The van der Waals surface area contributed by atoms with Gasteiger partial charge in [-0.1, -0.05) is 42.5 Å².